The van der Waals surface area contributed by atoms with Crippen molar-refractivity contribution in [3.63, 3.8) is 0 Å². The molecule has 3 nitrogen and oxygen atoms in total. The van der Waals surface area contributed by atoms with E-state index in [1.165, 1.54) is 0 Å². The summed E-state index contributed by atoms with van der Waals surface area (Å²) >= 11 is 1.58. The Balaban J connectivity index is 2.33. The quantitative estimate of drug-likeness (QED) is 0.844. The molecule has 0 amide bonds. The van der Waals surface area contributed by atoms with Crippen LogP contribution in [0.25, 0.3) is 10.7 Å². The SMILES string of the molecule is Cc1ccc(-c2nc(C(C)N)cs2)nc1. The molecule has 0 spiro atoms. The van der Waals surface area contributed by atoms with Crippen molar-refractivity contribution in [1.82, 2.24) is 9.97 Å². The van der Waals surface area contributed by atoms with Crippen LogP contribution in [0.1, 0.15) is 24.2 Å². The van der Waals surface area contributed by atoms with E-state index in [0.717, 1.165) is 22.0 Å². The summed E-state index contributed by atoms with van der Waals surface area (Å²) in [5, 5.41) is 2.92. The van der Waals surface area contributed by atoms with Crippen molar-refractivity contribution in [2.75, 3.05) is 0 Å². The molecule has 0 bridgehead atoms. The summed E-state index contributed by atoms with van der Waals surface area (Å²) in [7, 11) is 0. The van der Waals surface area contributed by atoms with Crippen LogP contribution in [-0.2, 0) is 0 Å². The molecule has 15 heavy (non-hydrogen) atoms. The lowest BCUT2D eigenvalue weighted by Gasteiger charge is -1.98. The lowest BCUT2D eigenvalue weighted by atomic mass is 10.2. The highest BCUT2D eigenvalue weighted by Crippen LogP contribution is 2.23. The predicted octanol–water partition coefficient (Wildman–Crippen LogP) is 2.53. The number of pyridine rings is 1. The van der Waals surface area contributed by atoms with Crippen LogP contribution in [0.5, 0.6) is 0 Å². The van der Waals surface area contributed by atoms with Crippen LogP contribution >= 0.6 is 11.3 Å². The highest BCUT2D eigenvalue weighted by atomic mass is 32.1. The Morgan fingerprint density at radius 1 is 1.40 bits per heavy atom. The van der Waals surface area contributed by atoms with E-state index in [0.29, 0.717) is 0 Å². The Labute approximate surface area is 93.0 Å². The van der Waals surface area contributed by atoms with Gasteiger partial charge in [0.2, 0.25) is 0 Å². The van der Waals surface area contributed by atoms with Gasteiger partial charge in [0.1, 0.15) is 5.01 Å². The summed E-state index contributed by atoms with van der Waals surface area (Å²) in [6, 6.07) is 4.01. The molecule has 2 aromatic rings. The lowest BCUT2D eigenvalue weighted by molar-refractivity contribution is 0.790. The van der Waals surface area contributed by atoms with Gasteiger partial charge < -0.3 is 5.73 Å². The fourth-order valence-electron chi connectivity index (χ4n) is 1.21. The number of thiazole rings is 1. The van der Waals surface area contributed by atoms with Crippen LogP contribution in [0, 0.1) is 6.92 Å². The number of hydrogen-bond donors (Lipinski definition) is 1. The van der Waals surface area contributed by atoms with Gasteiger partial charge >= 0.3 is 0 Å². The number of nitrogens with zero attached hydrogens (tertiary/aromatic N) is 2. The fourth-order valence-corrected chi connectivity index (χ4v) is 2.11. The third-order valence-electron chi connectivity index (χ3n) is 2.12. The van der Waals surface area contributed by atoms with E-state index >= 15 is 0 Å². The molecule has 0 aliphatic carbocycles. The molecule has 4 heteroatoms. The highest BCUT2D eigenvalue weighted by Gasteiger charge is 2.08. The van der Waals surface area contributed by atoms with Crippen molar-refractivity contribution >= 4 is 11.3 Å². The zero-order valence-corrected chi connectivity index (χ0v) is 9.58. The van der Waals surface area contributed by atoms with Crippen LogP contribution in [0.3, 0.4) is 0 Å². The minimum atomic E-state index is -0.0135. The third kappa shape index (κ3) is 2.22. The monoisotopic (exact) mass is 219 g/mol. The van der Waals surface area contributed by atoms with Crippen molar-refractivity contribution in [1.29, 1.82) is 0 Å². The minimum absolute atomic E-state index is 0.0135. The highest BCUT2D eigenvalue weighted by molar-refractivity contribution is 7.13. The van der Waals surface area contributed by atoms with Gasteiger partial charge in [0.15, 0.2) is 0 Å². The van der Waals surface area contributed by atoms with Crippen LogP contribution in [0.15, 0.2) is 23.7 Å². The van der Waals surface area contributed by atoms with Gasteiger partial charge in [-0.3, -0.25) is 4.98 Å². The topological polar surface area (TPSA) is 51.8 Å². The lowest BCUT2D eigenvalue weighted by Crippen LogP contribution is -2.04. The molecule has 0 radical (unpaired) electrons. The van der Waals surface area contributed by atoms with E-state index in [-0.39, 0.29) is 6.04 Å². The molecule has 0 saturated heterocycles. The Morgan fingerprint density at radius 3 is 2.73 bits per heavy atom. The standard InChI is InChI=1S/C11H13N3S/c1-7-3-4-9(13-5-7)11-14-10(6-15-11)8(2)12/h3-6,8H,12H2,1-2H3. The van der Waals surface area contributed by atoms with Crippen LogP contribution < -0.4 is 5.73 Å². The van der Waals surface area contributed by atoms with Gasteiger partial charge in [0.25, 0.3) is 0 Å². The molecule has 2 rings (SSSR count). The number of nitrogens with two attached hydrogens (primary N) is 1. The van der Waals surface area contributed by atoms with Gasteiger partial charge in [-0.2, -0.15) is 0 Å². The van der Waals surface area contributed by atoms with Crippen LogP contribution in [0.4, 0.5) is 0 Å². The molecule has 0 aromatic carbocycles. The second kappa shape index (κ2) is 4.08. The first-order chi connectivity index (χ1) is 7.16. The van der Waals surface area contributed by atoms with Crippen molar-refractivity contribution in [3.05, 3.63) is 35.0 Å². The van der Waals surface area contributed by atoms with Crippen molar-refractivity contribution in [3.8, 4) is 10.7 Å². The Bertz CT molecular complexity index is 445. The Morgan fingerprint density at radius 2 is 2.20 bits per heavy atom. The summed E-state index contributed by atoms with van der Waals surface area (Å²) in [6.45, 7) is 3.95. The average Bonchev–Trinajstić information content (AvgIpc) is 2.68. The van der Waals surface area contributed by atoms with Crippen molar-refractivity contribution in [2.45, 2.75) is 19.9 Å². The largest absolute Gasteiger partial charge is 0.323 e. The van der Waals surface area contributed by atoms with Gasteiger partial charge in [-0.05, 0) is 25.5 Å². The van der Waals surface area contributed by atoms with Gasteiger partial charge in [-0.15, -0.1) is 11.3 Å². The first-order valence-corrected chi connectivity index (χ1v) is 5.69. The smallest absolute Gasteiger partial charge is 0.142 e. The maximum absolute atomic E-state index is 5.75. The van der Waals surface area contributed by atoms with Crippen molar-refractivity contribution < 1.29 is 0 Å². The first kappa shape index (κ1) is 10.3. The molecule has 1 unspecified atom stereocenters. The van der Waals surface area contributed by atoms with Gasteiger partial charge in [0, 0.05) is 17.6 Å². The summed E-state index contributed by atoms with van der Waals surface area (Å²) in [6.07, 6.45) is 1.85. The molecule has 0 aliphatic rings. The zero-order valence-electron chi connectivity index (χ0n) is 8.77. The van der Waals surface area contributed by atoms with E-state index < -0.39 is 0 Å². The molecular weight excluding hydrogens is 206 g/mol. The van der Waals surface area contributed by atoms with E-state index in [1.54, 1.807) is 11.3 Å². The summed E-state index contributed by atoms with van der Waals surface area (Å²) in [4.78, 5) is 8.77. The first-order valence-electron chi connectivity index (χ1n) is 4.81. The molecule has 2 heterocycles. The fraction of sp³-hybridized carbons (Fsp3) is 0.273. The molecule has 78 valence electrons. The van der Waals surface area contributed by atoms with E-state index in [4.69, 9.17) is 5.73 Å². The second-order valence-corrected chi connectivity index (χ2v) is 4.45. The van der Waals surface area contributed by atoms with E-state index in [1.807, 2.05) is 37.6 Å². The van der Waals surface area contributed by atoms with Gasteiger partial charge in [0.05, 0.1) is 11.4 Å². The summed E-state index contributed by atoms with van der Waals surface area (Å²) in [5.41, 5.74) is 8.75. The molecule has 0 saturated carbocycles. The third-order valence-corrected chi connectivity index (χ3v) is 3.00. The Kier molecular flexibility index (Phi) is 2.79. The number of hydrogen-bond acceptors (Lipinski definition) is 4. The average molecular weight is 219 g/mol. The zero-order chi connectivity index (χ0) is 10.8. The van der Waals surface area contributed by atoms with Crippen molar-refractivity contribution in [2.24, 2.45) is 5.73 Å². The van der Waals surface area contributed by atoms with E-state index in [2.05, 4.69) is 9.97 Å². The Hall–Kier alpha value is -1.26. The van der Waals surface area contributed by atoms with Gasteiger partial charge in [-0.25, -0.2) is 4.98 Å². The van der Waals surface area contributed by atoms with E-state index in [9.17, 15) is 0 Å². The molecule has 0 aliphatic heterocycles. The molecule has 2 N–H and O–H groups in total. The minimum Gasteiger partial charge on any atom is -0.323 e. The maximum atomic E-state index is 5.75. The number of aromatic nitrogens is 2. The summed E-state index contributed by atoms with van der Waals surface area (Å²) < 4.78 is 0. The molecule has 2 aromatic heterocycles. The van der Waals surface area contributed by atoms with Crippen LogP contribution in [-0.4, -0.2) is 9.97 Å². The normalized spacial score (nSPS) is 12.7. The molecule has 0 fully saturated rings. The second-order valence-electron chi connectivity index (χ2n) is 3.59. The molecule has 1 atom stereocenters. The van der Waals surface area contributed by atoms with Gasteiger partial charge in [-0.1, -0.05) is 6.07 Å². The number of rotatable bonds is 2. The predicted molar refractivity (Wildman–Crippen MR) is 62.7 cm³/mol. The van der Waals surface area contributed by atoms with Crippen LogP contribution in [0.2, 0.25) is 0 Å². The molecular formula is C11H13N3S. The summed E-state index contributed by atoms with van der Waals surface area (Å²) in [5.74, 6) is 0. The maximum Gasteiger partial charge on any atom is 0.142 e. The number of aryl methyl sites for hydroxylation is 1.